The number of carbonyl (C=O) groups excluding carboxylic acids is 1. The Hall–Kier alpha value is -2.36. The van der Waals surface area contributed by atoms with E-state index in [0.717, 1.165) is 12.8 Å². The first-order chi connectivity index (χ1) is 13.9. The number of rotatable bonds is 2. The fraction of sp³-hybridized carbons (Fsp3) is 0.600. The van der Waals surface area contributed by atoms with Gasteiger partial charge in [-0.3, -0.25) is 4.79 Å². The number of alkyl halides is 3. The van der Waals surface area contributed by atoms with Crippen LogP contribution in [0.3, 0.4) is 0 Å². The van der Waals surface area contributed by atoms with Crippen LogP contribution >= 0.6 is 0 Å². The second-order valence-corrected chi connectivity index (χ2v) is 7.86. The second kappa shape index (κ2) is 9.63. The molecule has 1 unspecified atom stereocenters. The minimum atomic E-state index is -5.08. The molecule has 1 atom stereocenters. The van der Waals surface area contributed by atoms with E-state index in [1.807, 2.05) is 29.7 Å². The number of benzene rings is 1. The fourth-order valence-electron chi connectivity index (χ4n) is 3.58. The summed E-state index contributed by atoms with van der Waals surface area (Å²) in [4.78, 5) is 25.6. The van der Waals surface area contributed by atoms with E-state index in [-0.39, 0.29) is 23.2 Å². The summed E-state index contributed by atoms with van der Waals surface area (Å²) >= 11 is 0. The van der Waals surface area contributed by atoms with E-state index >= 15 is 0 Å². The lowest BCUT2D eigenvalue weighted by atomic mass is 9.87. The molecule has 1 aromatic carbocycles. The van der Waals surface area contributed by atoms with Crippen LogP contribution in [0.5, 0.6) is 0 Å². The molecule has 1 N–H and O–H groups in total. The highest BCUT2D eigenvalue weighted by Gasteiger charge is 2.38. The predicted octanol–water partition coefficient (Wildman–Crippen LogP) is 3.31. The third-order valence-corrected chi connectivity index (χ3v) is 5.07. The van der Waals surface area contributed by atoms with Gasteiger partial charge in [-0.05, 0) is 38.8 Å². The first kappa shape index (κ1) is 23.9. The Balaban J connectivity index is 0.000000396. The van der Waals surface area contributed by atoms with Crippen molar-refractivity contribution in [3.8, 4) is 0 Å². The fourth-order valence-corrected chi connectivity index (χ4v) is 3.58. The van der Waals surface area contributed by atoms with Crippen molar-refractivity contribution >= 4 is 17.6 Å². The van der Waals surface area contributed by atoms with Gasteiger partial charge in [-0.25, -0.2) is 9.18 Å². The maximum Gasteiger partial charge on any atom is 0.490 e. The zero-order chi connectivity index (χ0) is 22.5. The Kier molecular flexibility index (Phi) is 7.68. The Morgan fingerprint density at radius 1 is 1.13 bits per heavy atom. The third-order valence-electron chi connectivity index (χ3n) is 5.07. The van der Waals surface area contributed by atoms with E-state index in [9.17, 15) is 22.4 Å². The van der Waals surface area contributed by atoms with Crippen LogP contribution in [0, 0.1) is 11.7 Å². The topological polar surface area (TPSA) is 70.1 Å². The quantitative estimate of drug-likeness (QED) is 0.724. The Morgan fingerprint density at radius 2 is 1.70 bits per heavy atom. The van der Waals surface area contributed by atoms with Crippen LogP contribution in [0.2, 0.25) is 0 Å². The summed E-state index contributed by atoms with van der Waals surface area (Å²) in [6.07, 6.45) is -3.50. The second-order valence-electron chi connectivity index (χ2n) is 7.86. The summed E-state index contributed by atoms with van der Waals surface area (Å²) < 4.78 is 51.3. The average Bonchev–Trinajstić information content (AvgIpc) is 2.67. The molecule has 0 aromatic heterocycles. The SMILES string of the molecule is CC1(C)CC(C(=O)N2CCN(c3ccccc3F)CC2)CCO1.O=C(O)C(F)(F)F. The van der Waals surface area contributed by atoms with Crippen molar-refractivity contribution in [2.24, 2.45) is 5.92 Å². The summed E-state index contributed by atoms with van der Waals surface area (Å²) in [6, 6.07) is 6.83. The van der Waals surface area contributed by atoms with Crippen molar-refractivity contribution in [3.05, 3.63) is 30.1 Å². The van der Waals surface area contributed by atoms with Crippen LogP contribution in [0.1, 0.15) is 26.7 Å². The van der Waals surface area contributed by atoms with Gasteiger partial charge in [0.25, 0.3) is 0 Å². The molecule has 6 nitrogen and oxygen atoms in total. The first-order valence-corrected chi connectivity index (χ1v) is 9.63. The standard InChI is InChI=1S/C18H25FN2O2.C2HF3O2/c1-18(2)13-14(7-12-23-18)17(22)21-10-8-20(9-11-21)16-6-4-3-5-15(16)19;3-2(4,5)1(6)7/h3-6,14H,7-13H2,1-2H3;(H,6,7). The van der Waals surface area contributed by atoms with Crippen LogP contribution < -0.4 is 4.90 Å². The number of piperazine rings is 1. The largest absolute Gasteiger partial charge is 0.490 e. The summed E-state index contributed by atoms with van der Waals surface area (Å²) in [6.45, 7) is 7.41. The van der Waals surface area contributed by atoms with Crippen LogP contribution in [-0.4, -0.2) is 66.4 Å². The molecule has 0 saturated carbocycles. The third kappa shape index (κ3) is 6.58. The van der Waals surface area contributed by atoms with E-state index < -0.39 is 12.1 Å². The van der Waals surface area contributed by atoms with Gasteiger partial charge in [0.2, 0.25) is 5.91 Å². The first-order valence-electron chi connectivity index (χ1n) is 9.63. The van der Waals surface area contributed by atoms with Crippen molar-refractivity contribution in [2.45, 2.75) is 38.5 Å². The van der Waals surface area contributed by atoms with Gasteiger partial charge in [0.15, 0.2) is 0 Å². The lowest BCUT2D eigenvalue weighted by Crippen LogP contribution is -2.52. The molecule has 2 heterocycles. The van der Waals surface area contributed by atoms with Crippen molar-refractivity contribution in [1.29, 1.82) is 0 Å². The molecule has 1 amide bonds. The Labute approximate surface area is 172 Å². The highest BCUT2D eigenvalue weighted by atomic mass is 19.4. The molecule has 0 bridgehead atoms. The number of carboxylic acid groups (broad SMARTS) is 1. The van der Waals surface area contributed by atoms with Crippen molar-refractivity contribution < 1.29 is 37.0 Å². The highest BCUT2D eigenvalue weighted by Crippen LogP contribution is 2.30. The monoisotopic (exact) mass is 434 g/mol. The number of hydrogen-bond donors (Lipinski definition) is 1. The summed E-state index contributed by atoms with van der Waals surface area (Å²) in [5.74, 6) is -2.67. The summed E-state index contributed by atoms with van der Waals surface area (Å²) in [5, 5.41) is 7.12. The van der Waals surface area contributed by atoms with Gasteiger partial charge in [-0.15, -0.1) is 0 Å². The van der Waals surface area contributed by atoms with Crippen molar-refractivity contribution in [1.82, 2.24) is 4.90 Å². The van der Waals surface area contributed by atoms with Crippen LogP contribution in [-0.2, 0) is 14.3 Å². The van der Waals surface area contributed by atoms with E-state index in [1.165, 1.54) is 6.07 Å². The molecule has 0 spiro atoms. The molecule has 2 aliphatic rings. The van der Waals surface area contributed by atoms with Gasteiger partial charge in [0.05, 0.1) is 11.3 Å². The lowest BCUT2D eigenvalue weighted by Gasteiger charge is -2.40. The van der Waals surface area contributed by atoms with Crippen molar-refractivity contribution in [3.63, 3.8) is 0 Å². The summed E-state index contributed by atoms with van der Waals surface area (Å²) in [7, 11) is 0. The van der Waals surface area contributed by atoms with Gasteiger partial charge < -0.3 is 19.6 Å². The minimum Gasteiger partial charge on any atom is -0.475 e. The predicted molar refractivity (Wildman–Crippen MR) is 102 cm³/mol. The Morgan fingerprint density at radius 3 is 2.20 bits per heavy atom. The van der Waals surface area contributed by atoms with E-state index in [0.29, 0.717) is 38.5 Å². The molecule has 30 heavy (non-hydrogen) atoms. The smallest absolute Gasteiger partial charge is 0.475 e. The molecule has 2 aliphatic heterocycles. The molecule has 3 rings (SSSR count). The van der Waals surface area contributed by atoms with E-state index in [2.05, 4.69) is 0 Å². The molecule has 0 aliphatic carbocycles. The van der Waals surface area contributed by atoms with E-state index in [4.69, 9.17) is 14.6 Å². The van der Waals surface area contributed by atoms with Gasteiger partial charge in [-0.2, -0.15) is 13.2 Å². The molecule has 0 radical (unpaired) electrons. The number of halogens is 4. The van der Waals surface area contributed by atoms with Gasteiger partial charge >= 0.3 is 12.1 Å². The molecular weight excluding hydrogens is 408 g/mol. The van der Waals surface area contributed by atoms with Gasteiger partial charge in [0.1, 0.15) is 5.82 Å². The van der Waals surface area contributed by atoms with E-state index in [1.54, 1.807) is 12.1 Å². The lowest BCUT2D eigenvalue weighted by molar-refractivity contribution is -0.192. The average molecular weight is 434 g/mol. The number of ether oxygens (including phenoxy) is 1. The van der Waals surface area contributed by atoms with Crippen LogP contribution in [0.15, 0.2) is 24.3 Å². The zero-order valence-corrected chi connectivity index (χ0v) is 16.9. The summed E-state index contributed by atoms with van der Waals surface area (Å²) in [5.41, 5.74) is 0.417. The number of anilines is 1. The molecule has 2 saturated heterocycles. The zero-order valence-electron chi connectivity index (χ0n) is 16.9. The van der Waals surface area contributed by atoms with Gasteiger partial charge in [-0.1, -0.05) is 12.1 Å². The molecular formula is C20H26F4N2O4. The normalized spacial score (nSPS) is 21.5. The number of hydrogen-bond acceptors (Lipinski definition) is 4. The number of aliphatic carboxylic acids is 1. The highest BCUT2D eigenvalue weighted by molar-refractivity contribution is 5.79. The number of para-hydroxylation sites is 1. The molecule has 2 fully saturated rings. The molecule has 168 valence electrons. The number of carbonyl (C=O) groups is 2. The van der Waals surface area contributed by atoms with Crippen LogP contribution in [0.4, 0.5) is 23.2 Å². The van der Waals surface area contributed by atoms with Crippen molar-refractivity contribution in [2.75, 3.05) is 37.7 Å². The molecule has 10 heteroatoms. The minimum absolute atomic E-state index is 0.0544. The molecule has 1 aromatic rings. The maximum atomic E-state index is 13.9. The number of amides is 1. The van der Waals surface area contributed by atoms with Crippen LogP contribution in [0.25, 0.3) is 0 Å². The maximum absolute atomic E-state index is 13.9. The number of nitrogens with zero attached hydrogens (tertiary/aromatic N) is 2. The Bertz CT molecular complexity index is 747. The van der Waals surface area contributed by atoms with Gasteiger partial charge in [0, 0.05) is 38.7 Å². The number of carboxylic acids is 1.